The Hall–Kier alpha value is -1.13. The summed E-state index contributed by atoms with van der Waals surface area (Å²) in [5.74, 6) is -0.643. The summed E-state index contributed by atoms with van der Waals surface area (Å²) in [6.07, 6.45) is 2.29. The van der Waals surface area contributed by atoms with Crippen LogP contribution in [0.25, 0.3) is 0 Å². The molecule has 0 aliphatic heterocycles. The number of halogens is 2. The van der Waals surface area contributed by atoms with Crippen LogP contribution in [0.4, 0.5) is 4.39 Å². The first-order chi connectivity index (χ1) is 8.54. The molecule has 1 aromatic carbocycles. The van der Waals surface area contributed by atoms with Crippen LogP contribution in [0.15, 0.2) is 18.2 Å². The van der Waals surface area contributed by atoms with Crippen LogP contribution in [0.5, 0.6) is 0 Å². The van der Waals surface area contributed by atoms with Crippen molar-refractivity contribution < 1.29 is 14.3 Å². The van der Waals surface area contributed by atoms with Crippen molar-refractivity contribution in [2.45, 2.75) is 19.4 Å². The Morgan fingerprint density at radius 1 is 1.50 bits per heavy atom. The minimum Gasteiger partial charge on any atom is -0.480 e. The molecule has 0 unspecified atom stereocenters. The molecule has 2 rings (SSSR count). The third kappa shape index (κ3) is 3.96. The second kappa shape index (κ2) is 5.67. The Labute approximate surface area is 110 Å². The smallest absolute Gasteiger partial charge is 0.317 e. The van der Waals surface area contributed by atoms with Crippen LogP contribution in [0.3, 0.4) is 0 Å². The van der Waals surface area contributed by atoms with Gasteiger partial charge in [-0.2, -0.15) is 0 Å². The Kier molecular flexibility index (Phi) is 4.19. The monoisotopic (exact) mass is 271 g/mol. The van der Waals surface area contributed by atoms with Crippen molar-refractivity contribution in [1.82, 2.24) is 4.90 Å². The normalized spacial score (nSPS) is 15.1. The van der Waals surface area contributed by atoms with Crippen LogP contribution in [-0.4, -0.2) is 29.1 Å². The maximum atomic E-state index is 13.1. The van der Waals surface area contributed by atoms with E-state index in [1.165, 1.54) is 18.2 Å². The van der Waals surface area contributed by atoms with Gasteiger partial charge in [0.25, 0.3) is 0 Å². The van der Waals surface area contributed by atoms with Crippen molar-refractivity contribution >= 4 is 17.6 Å². The van der Waals surface area contributed by atoms with Crippen molar-refractivity contribution in [1.29, 1.82) is 0 Å². The van der Waals surface area contributed by atoms with Gasteiger partial charge in [-0.15, -0.1) is 0 Å². The first kappa shape index (κ1) is 13.3. The molecule has 1 N–H and O–H groups in total. The highest BCUT2D eigenvalue weighted by molar-refractivity contribution is 6.31. The fourth-order valence-electron chi connectivity index (χ4n) is 1.95. The molecular weight excluding hydrogens is 257 g/mol. The lowest BCUT2D eigenvalue weighted by atomic mass is 10.2. The van der Waals surface area contributed by atoms with E-state index in [9.17, 15) is 9.18 Å². The van der Waals surface area contributed by atoms with Gasteiger partial charge in [0.15, 0.2) is 0 Å². The third-order valence-corrected chi connectivity index (χ3v) is 3.34. The number of carbonyl (C=O) groups is 1. The van der Waals surface area contributed by atoms with Gasteiger partial charge in [-0.1, -0.05) is 11.6 Å². The molecule has 1 fully saturated rings. The maximum Gasteiger partial charge on any atom is 0.317 e. The van der Waals surface area contributed by atoms with Crippen molar-refractivity contribution in [3.63, 3.8) is 0 Å². The molecule has 0 aromatic heterocycles. The average Bonchev–Trinajstić information content (AvgIpc) is 3.06. The predicted molar refractivity (Wildman–Crippen MR) is 67.0 cm³/mol. The van der Waals surface area contributed by atoms with Crippen molar-refractivity contribution in [2.24, 2.45) is 5.92 Å². The van der Waals surface area contributed by atoms with Crippen LogP contribution in [0, 0.1) is 11.7 Å². The average molecular weight is 272 g/mol. The summed E-state index contributed by atoms with van der Waals surface area (Å²) < 4.78 is 13.1. The van der Waals surface area contributed by atoms with Gasteiger partial charge in [-0.3, -0.25) is 9.69 Å². The molecule has 1 aliphatic rings. The minimum atomic E-state index is -0.872. The van der Waals surface area contributed by atoms with Crippen LogP contribution in [0.1, 0.15) is 18.4 Å². The molecule has 5 heteroatoms. The van der Waals surface area contributed by atoms with Crippen molar-refractivity contribution in [2.75, 3.05) is 13.1 Å². The van der Waals surface area contributed by atoms with E-state index in [0.717, 1.165) is 19.4 Å². The van der Waals surface area contributed by atoms with E-state index < -0.39 is 5.97 Å². The van der Waals surface area contributed by atoms with Crippen LogP contribution in [-0.2, 0) is 11.3 Å². The summed E-state index contributed by atoms with van der Waals surface area (Å²) in [4.78, 5) is 12.6. The molecule has 0 amide bonds. The van der Waals surface area contributed by atoms with Gasteiger partial charge in [0, 0.05) is 18.1 Å². The number of nitrogens with zero attached hydrogens (tertiary/aromatic N) is 1. The lowest BCUT2D eigenvalue weighted by molar-refractivity contribution is -0.138. The maximum absolute atomic E-state index is 13.1. The molecule has 0 saturated heterocycles. The second-order valence-corrected chi connectivity index (χ2v) is 5.15. The minimum absolute atomic E-state index is 0.0384. The van der Waals surface area contributed by atoms with Gasteiger partial charge >= 0.3 is 5.97 Å². The van der Waals surface area contributed by atoms with Gasteiger partial charge in [0.05, 0.1) is 6.54 Å². The fourth-order valence-corrected chi connectivity index (χ4v) is 2.12. The van der Waals surface area contributed by atoms with Gasteiger partial charge < -0.3 is 5.11 Å². The molecule has 0 heterocycles. The topological polar surface area (TPSA) is 40.5 Å². The summed E-state index contributed by atoms with van der Waals surface area (Å²) in [7, 11) is 0. The van der Waals surface area contributed by atoms with Gasteiger partial charge in [-0.05, 0) is 42.5 Å². The molecule has 0 atom stereocenters. The van der Waals surface area contributed by atoms with E-state index in [4.69, 9.17) is 16.7 Å². The first-order valence-corrected chi connectivity index (χ1v) is 6.30. The predicted octanol–water partition coefficient (Wildman–Crippen LogP) is 2.78. The van der Waals surface area contributed by atoms with E-state index in [2.05, 4.69) is 0 Å². The summed E-state index contributed by atoms with van der Waals surface area (Å²) in [5.41, 5.74) is 0.638. The Morgan fingerprint density at radius 2 is 2.22 bits per heavy atom. The number of aliphatic carboxylic acids is 1. The number of hydrogen-bond donors (Lipinski definition) is 1. The highest BCUT2D eigenvalue weighted by atomic mass is 35.5. The largest absolute Gasteiger partial charge is 0.480 e. The molecule has 1 aliphatic carbocycles. The molecule has 98 valence electrons. The summed E-state index contributed by atoms with van der Waals surface area (Å²) in [6, 6.07) is 4.17. The summed E-state index contributed by atoms with van der Waals surface area (Å²) in [5, 5.41) is 9.34. The van der Waals surface area contributed by atoms with E-state index in [1.807, 2.05) is 0 Å². The van der Waals surface area contributed by atoms with Crippen LogP contribution >= 0.6 is 11.6 Å². The molecule has 0 bridgehead atoms. The highest BCUT2D eigenvalue weighted by Gasteiger charge is 2.25. The lowest BCUT2D eigenvalue weighted by Gasteiger charge is -2.20. The molecular formula is C13H15ClFNO2. The van der Waals surface area contributed by atoms with Crippen LogP contribution < -0.4 is 0 Å². The quantitative estimate of drug-likeness (QED) is 0.865. The SMILES string of the molecule is O=C(O)CN(Cc1cc(F)ccc1Cl)CC1CC1. The first-order valence-electron chi connectivity index (χ1n) is 5.92. The zero-order chi connectivity index (χ0) is 13.1. The Morgan fingerprint density at radius 3 is 2.83 bits per heavy atom. The molecule has 18 heavy (non-hydrogen) atoms. The highest BCUT2D eigenvalue weighted by Crippen LogP contribution is 2.30. The summed E-state index contributed by atoms with van der Waals surface area (Å²) >= 11 is 5.99. The number of rotatable bonds is 6. The van der Waals surface area contributed by atoms with E-state index in [-0.39, 0.29) is 12.4 Å². The van der Waals surface area contributed by atoms with Crippen molar-refractivity contribution in [3.8, 4) is 0 Å². The zero-order valence-corrected chi connectivity index (χ0v) is 10.7. The van der Waals surface area contributed by atoms with Gasteiger partial charge in [0.1, 0.15) is 5.82 Å². The zero-order valence-electron chi connectivity index (χ0n) is 9.90. The van der Waals surface area contributed by atoms with Gasteiger partial charge in [0.2, 0.25) is 0 Å². The van der Waals surface area contributed by atoms with E-state index >= 15 is 0 Å². The standard InChI is InChI=1S/C13H15ClFNO2/c14-12-4-3-11(15)5-10(12)7-16(8-13(17)18)6-9-1-2-9/h3-5,9H,1-2,6-8H2,(H,17,18). The van der Waals surface area contributed by atoms with Gasteiger partial charge in [-0.25, -0.2) is 4.39 Å². The number of carboxylic acids is 1. The Balaban J connectivity index is 2.05. The molecule has 0 spiro atoms. The molecule has 0 radical (unpaired) electrons. The lowest BCUT2D eigenvalue weighted by Crippen LogP contribution is -2.31. The summed E-state index contributed by atoms with van der Waals surface area (Å²) in [6.45, 7) is 1.07. The van der Waals surface area contributed by atoms with E-state index in [1.54, 1.807) is 4.90 Å². The van der Waals surface area contributed by atoms with Crippen molar-refractivity contribution in [3.05, 3.63) is 34.6 Å². The van der Waals surface area contributed by atoms with Crippen LogP contribution in [0.2, 0.25) is 5.02 Å². The number of carboxylic acid groups (broad SMARTS) is 1. The fraction of sp³-hybridized carbons (Fsp3) is 0.462. The number of hydrogen-bond acceptors (Lipinski definition) is 2. The second-order valence-electron chi connectivity index (χ2n) is 4.74. The molecule has 1 aromatic rings. The molecule has 1 saturated carbocycles. The molecule has 3 nitrogen and oxygen atoms in total. The third-order valence-electron chi connectivity index (χ3n) is 2.97. The Bertz CT molecular complexity index is 449. The number of benzene rings is 1. The van der Waals surface area contributed by atoms with E-state index in [0.29, 0.717) is 23.0 Å².